The summed E-state index contributed by atoms with van der Waals surface area (Å²) in [7, 11) is 0. The summed E-state index contributed by atoms with van der Waals surface area (Å²) in [6, 6.07) is 5.20. The van der Waals surface area contributed by atoms with Crippen molar-refractivity contribution in [1.82, 2.24) is 10.2 Å². The van der Waals surface area contributed by atoms with E-state index in [9.17, 15) is 9.18 Å². The second-order valence-electron chi connectivity index (χ2n) is 5.30. The molecule has 2 aliphatic rings. The molecule has 2 atom stereocenters. The van der Waals surface area contributed by atoms with Gasteiger partial charge in [-0.2, -0.15) is 0 Å². The minimum absolute atomic E-state index is 0. The van der Waals surface area contributed by atoms with Gasteiger partial charge in [0, 0.05) is 29.6 Å². The van der Waals surface area contributed by atoms with Crippen molar-refractivity contribution in [3.05, 3.63) is 34.1 Å². The lowest BCUT2D eigenvalue weighted by Crippen LogP contribution is -2.39. The highest BCUT2D eigenvalue weighted by Gasteiger charge is 2.31. The van der Waals surface area contributed by atoms with Crippen LogP contribution in [0.4, 0.5) is 4.39 Å². The van der Waals surface area contributed by atoms with E-state index in [1.807, 2.05) is 4.90 Å². The highest BCUT2D eigenvalue weighted by atomic mass is 79.9. The Hall–Kier alpha value is -0.650. The summed E-state index contributed by atoms with van der Waals surface area (Å²) in [6.07, 6.45) is 3.35. The standard InChI is InChI=1S/C14H16BrFN2O.ClH/c15-13-7-9(16)1-4-12(13)14(19)18-6-5-10-2-3-11(8-18)17-10;/h1,4,7,10-11,17H,2-3,5-6,8H2;1H. The van der Waals surface area contributed by atoms with Gasteiger partial charge < -0.3 is 10.2 Å². The number of amides is 1. The molecule has 1 aromatic rings. The average molecular weight is 364 g/mol. The quantitative estimate of drug-likeness (QED) is 0.832. The molecule has 110 valence electrons. The normalized spacial score (nSPS) is 25.0. The summed E-state index contributed by atoms with van der Waals surface area (Å²) in [6.45, 7) is 1.52. The number of nitrogens with zero attached hydrogens (tertiary/aromatic N) is 1. The van der Waals surface area contributed by atoms with Gasteiger partial charge >= 0.3 is 0 Å². The third kappa shape index (κ3) is 3.15. The lowest BCUT2D eigenvalue weighted by atomic mass is 10.1. The summed E-state index contributed by atoms with van der Waals surface area (Å²) in [5.41, 5.74) is 0.541. The van der Waals surface area contributed by atoms with Crippen LogP contribution >= 0.6 is 28.3 Å². The number of halogens is 3. The monoisotopic (exact) mass is 362 g/mol. The fourth-order valence-corrected chi connectivity index (χ4v) is 3.48. The Morgan fingerprint density at radius 3 is 2.80 bits per heavy atom. The van der Waals surface area contributed by atoms with E-state index in [0.717, 1.165) is 25.9 Å². The van der Waals surface area contributed by atoms with Crippen molar-refractivity contribution in [3.8, 4) is 0 Å². The van der Waals surface area contributed by atoms with Gasteiger partial charge in [0.15, 0.2) is 0 Å². The Kier molecular flexibility index (Phi) is 5.04. The first-order valence-corrected chi connectivity index (χ1v) is 7.43. The molecule has 3 nitrogen and oxygen atoms in total. The number of hydrogen-bond donors (Lipinski definition) is 1. The van der Waals surface area contributed by atoms with Crippen LogP contribution in [0.3, 0.4) is 0 Å². The zero-order valence-electron chi connectivity index (χ0n) is 10.9. The molecule has 1 amide bonds. The molecule has 2 aliphatic heterocycles. The van der Waals surface area contributed by atoms with E-state index in [0.29, 0.717) is 22.1 Å². The number of nitrogens with one attached hydrogen (secondary N) is 1. The van der Waals surface area contributed by atoms with Crippen LogP contribution in [0.2, 0.25) is 0 Å². The van der Waals surface area contributed by atoms with Crippen molar-refractivity contribution in [1.29, 1.82) is 0 Å². The predicted octanol–water partition coefficient (Wildman–Crippen LogP) is 2.98. The second-order valence-corrected chi connectivity index (χ2v) is 6.16. The van der Waals surface area contributed by atoms with Crippen LogP contribution in [0.1, 0.15) is 29.6 Å². The van der Waals surface area contributed by atoms with Gasteiger partial charge in [-0.15, -0.1) is 12.4 Å². The fourth-order valence-electron chi connectivity index (χ4n) is 2.96. The van der Waals surface area contributed by atoms with Gasteiger partial charge in [0.2, 0.25) is 0 Å². The van der Waals surface area contributed by atoms with Crippen molar-refractivity contribution in [2.75, 3.05) is 13.1 Å². The maximum atomic E-state index is 13.1. The van der Waals surface area contributed by atoms with E-state index in [2.05, 4.69) is 21.2 Å². The third-order valence-corrected chi connectivity index (χ3v) is 4.63. The molecule has 2 bridgehead atoms. The molecule has 1 aromatic carbocycles. The number of fused-ring (bicyclic) bond motifs is 2. The SMILES string of the molecule is Cl.O=C(c1ccc(F)cc1Br)N1CCC2CCC(C1)N2. The molecule has 0 spiro atoms. The van der Waals surface area contributed by atoms with Crippen LogP contribution in [0.15, 0.2) is 22.7 Å². The van der Waals surface area contributed by atoms with Crippen molar-refractivity contribution in [2.24, 2.45) is 0 Å². The van der Waals surface area contributed by atoms with E-state index in [1.165, 1.54) is 18.6 Å². The third-order valence-electron chi connectivity index (χ3n) is 3.97. The summed E-state index contributed by atoms with van der Waals surface area (Å²) in [5, 5.41) is 3.55. The van der Waals surface area contributed by atoms with Crippen molar-refractivity contribution in [3.63, 3.8) is 0 Å². The van der Waals surface area contributed by atoms with E-state index in [-0.39, 0.29) is 24.1 Å². The number of carbonyl (C=O) groups is 1. The first-order chi connectivity index (χ1) is 9.13. The molecule has 3 rings (SSSR count). The minimum atomic E-state index is -0.333. The van der Waals surface area contributed by atoms with Gasteiger partial charge in [0.25, 0.3) is 5.91 Å². The molecule has 2 unspecified atom stereocenters. The molecule has 0 aliphatic carbocycles. The van der Waals surface area contributed by atoms with Crippen LogP contribution in [-0.2, 0) is 0 Å². The molecular weight excluding hydrogens is 347 g/mol. The molecular formula is C14H17BrClFN2O. The lowest BCUT2D eigenvalue weighted by molar-refractivity contribution is 0.0747. The maximum Gasteiger partial charge on any atom is 0.255 e. The topological polar surface area (TPSA) is 32.3 Å². The van der Waals surface area contributed by atoms with Crippen LogP contribution in [0, 0.1) is 5.82 Å². The summed E-state index contributed by atoms with van der Waals surface area (Å²) in [4.78, 5) is 14.4. The van der Waals surface area contributed by atoms with Gasteiger partial charge in [-0.05, 0) is 53.4 Å². The molecule has 0 aromatic heterocycles. The molecule has 1 N–H and O–H groups in total. The zero-order valence-corrected chi connectivity index (χ0v) is 13.3. The van der Waals surface area contributed by atoms with Gasteiger partial charge in [0.1, 0.15) is 5.82 Å². The van der Waals surface area contributed by atoms with Crippen molar-refractivity contribution >= 4 is 34.2 Å². The maximum absolute atomic E-state index is 13.1. The Morgan fingerprint density at radius 2 is 2.05 bits per heavy atom. The first-order valence-electron chi connectivity index (χ1n) is 6.64. The number of likely N-dealkylation sites (tertiary alicyclic amines) is 1. The van der Waals surface area contributed by atoms with Crippen LogP contribution in [-0.4, -0.2) is 36.0 Å². The van der Waals surface area contributed by atoms with E-state index in [1.54, 1.807) is 6.07 Å². The van der Waals surface area contributed by atoms with Crippen LogP contribution in [0.5, 0.6) is 0 Å². The lowest BCUT2D eigenvalue weighted by Gasteiger charge is -2.24. The number of benzene rings is 1. The van der Waals surface area contributed by atoms with Crippen LogP contribution < -0.4 is 5.32 Å². The molecule has 2 heterocycles. The summed E-state index contributed by atoms with van der Waals surface area (Å²) < 4.78 is 13.6. The molecule has 2 fully saturated rings. The highest BCUT2D eigenvalue weighted by Crippen LogP contribution is 2.24. The minimum Gasteiger partial charge on any atom is -0.337 e. The van der Waals surface area contributed by atoms with Gasteiger partial charge in [-0.3, -0.25) is 4.79 Å². The fraction of sp³-hybridized carbons (Fsp3) is 0.500. The molecule has 6 heteroatoms. The van der Waals surface area contributed by atoms with Gasteiger partial charge in [-0.1, -0.05) is 0 Å². The molecule has 20 heavy (non-hydrogen) atoms. The summed E-state index contributed by atoms with van der Waals surface area (Å²) in [5.74, 6) is -0.346. The molecule has 2 saturated heterocycles. The van der Waals surface area contributed by atoms with E-state index >= 15 is 0 Å². The van der Waals surface area contributed by atoms with E-state index < -0.39 is 0 Å². The van der Waals surface area contributed by atoms with Crippen molar-refractivity contribution < 1.29 is 9.18 Å². The largest absolute Gasteiger partial charge is 0.337 e. The molecule has 0 saturated carbocycles. The van der Waals surface area contributed by atoms with Gasteiger partial charge in [-0.25, -0.2) is 4.39 Å². The van der Waals surface area contributed by atoms with E-state index in [4.69, 9.17) is 0 Å². The Labute approximate surface area is 132 Å². The Bertz CT molecular complexity index is 514. The smallest absolute Gasteiger partial charge is 0.255 e. The molecule has 0 radical (unpaired) electrons. The predicted molar refractivity (Wildman–Crippen MR) is 81.8 cm³/mol. The van der Waals surface area contributed by atoms with Crippen LogP contribution in [0.25, 0.3) is 0 Å². The highest BCUT2D eigenvalue weighted by molar-refractivity contribution is 9.10. The summed E-state index contributed by atoms with van der Waals surface area (Å²) >= 11 is 3.27. The Morgan fingerprint density at radius 1 is 1.30 bits per heavy atom. The average Bonchev–Trinajstić information content (AvgIpc) is 2.68. The number of rotatable bonds is 1. The van der Waals surface area contributed by atoms with Crippen molar-refractivity contribution in [2.45, 2.75) is 31.3 Å². The second kappa shape index (κ2) is 6.41. The number of hydrogen-bond acceptors (Lipinski definition) is 2. The zero-order chi connectivity index (χ0) is 13.4. The first kappa shape index (κ1) is 15.7. The number of carbonyl (C=O) groups excluding carboxylic acids is 1. The van der Waals surface area contributed by atoms with Gasteiger partial charge in [0.05, 0.1) is 5.56 Å². The Balaban J connectivity index is 0.00000147.